The van der Waals surface area contributed by atoms with Crippen LogP contribution in [0.25, 0.3) is 11.4 Å². The molecular formula is C13H17N5. The van der Waals surface area contributed by atoms with Gasteiger partial charge in [0, 0.05) is 44.5 Å². The molecule has 1 N–H and O–H groups in total. The van der Waals surface area contributed by atoms with Gasteiger partial charge in [-0.3, -0.25) is 4.68 Å². The number of aryl methyl sites for hydroxylation is 1. The minimum absolute atomic E-state index is 0.782. The molecule has 1 aliphatic rings. The molecule has 1 aromatic carbocycles. The molecule has 0 radical (unpaired) electrons. The summed E-state index contributed by atoms with van der Waals surface area (Å²) in [6.45, 7) is 4.26. The van der Waals surface area contributed by atoms with E-state index in [1.54, 1.807) is 11.0 Å². The van der Waals surface area contributed by atoms with Crippen molar-refractivity contribution < 1.29 is 0 Å². The van der Waals surface area contributed by atoms with Crippen LogP contribution in [0.15, 0.2) is 30.6 Å². The van der Waals surface area contributed by atoms with E-state index in [-0.39, 0.29) is 0 Å². The van der Waals surface area contributed by atoms with E-state index in [4.69, 9.17) is 0 Å². The van der Waals surface area contributed by atoms with Crippen LogP contribution in [0, 0.1) is 0 Å². The molecule has 0 amide bonds. The molecule has 0 bridgehead atoms. The SMILES string of the molecule is Cn1cnc(-c2ccc(N3CCNCC3)cc2)n1. The fourth-order valence-electron chi connectivity index (χ4n) is 2.22. The van der Waals surface area contributed by atoms with Crippen LogP contribution in [0.5, 0.6) is 0 Å². The molecule has 2 aromatic rings. The third kappa shape index (κ3) is 2.22. The van der Waals surface area contributed by atoms with E-state index in [0.717, 1.165) is 37.6 Å². The molecule has 5 nitrogen and oxygen atoms in total. The van der Waals surface area contributed by atoms with E-state index in [9.17, 15) is 0 Å². The van der Waals surface area contributed by atoms with Gasteiger partial charge >= 0.3 is 0 Å². The zero-order valence-electron chi connectivity index (χ0n) is 10.5. The van der Waals surface area contributed by atoms with E-state index in [0.29, 0.717) is 0 Å². The molecular weight excluding hydrogens is 226 g/mol. The molecule has 1 saturated heterocycles. The molecule has 0 aliphatic carbocycles. The van der Waals surface area contributed by atoms with E-state index in [2.05, 4.69) is 44.6 Å². The van der Waals surface area contributed by atoms with Gasteiger partial charge < -0.3 is 10.2 Å². The summed E-state index contributed by atoms with van der Waals surface area (Å²) in [4.78, 5) is 6.65. The molecule has 0 atom stereocenters. The van der Waals surface area contributed by atoms with Crippen molar-refractivity contribution >= 4 is 5.69 Å². The van der Waals surface area contributed by atoms with E-state index < -0.39 is 0 Å². The van der Waals surface area contributed by atoms with Gasteiger partial charge in [-0.25, -0.2) is 4.98 Å². The number of hydrogen-bond donors (Lipinski definition) is 1. The topological polar surface area (TPSA) is 46.0 Å². The average Bonchev–Trinajstić information content (AvgIpc) is 2.87. The van der Waals surface area contributed by atoms with Crippen molar-refractivity contribution in [1.29, 1.82) is 0 Å². The number of rotatable bonds is 2. The predicted octanol–water partition coefficient (Wildman–Crippen LogP) is 0.892. The highest BCUT2D eigenvalue weighted by Crippen LogP contribution is 2.20. The Bertz CT molecular complexity index is 510. The molecule has 2 heterocycles. The zero-order valence-corrected chi connectivity index (χ0v) is 10.5. The van der Waals surface area contributed by atoms with Gasteiger partial charge in [-0.2, -0.15) is 5.10 Å². The monoisotopic (exact) mass is 243 g/mol. The Labute approximate surface area is 106 Å². The second kappa shape index (κ2) is 4.78. The molecule has 1 aliphatic heterocycles. The van der Waals surface area contributed by atoms with E-state index in [1.165, 1.54) is 5.69 Å². The van der Waals surface area contributed by atoms with Crippen LogP contribution in [0.1, 0.15) is 0 Å². The Morgan fingerprint density at radius 2 is 1.83 bits per heavy atom. The van der Waals surface area contributed by atoms with Gasteiger partial charge in [0.05, 0.1) is 0 Å². The standard InChI is InChI=1S/C13H17N5/c1-17-10-15-13(16-17)11-2-4-12(5-3-11)18-8-6-14-7-9-18/h2-5,10,14H,6-9H2,1H3. The highest BCUT2D eigenvalue weighted by atomic mass is 15.3. The lowest BCUT2D eigenvalue weighted by atomic mass is 10.2. The van der Waals surface area contributed by atoms with Crippen LogP contribution < -0.4 is 10.2 Å². The molecule has 5 heteroatoms. The second-order valence-electron chi connectivity index (χ2n) is 4.53. The Hall–Kier alpha value is -1.88. The van der Waals surface area contributed by atoms with Crippen LogP contribution in [-0.4, -0.2) is 40.9 Å². The predicted molar refractivity (Wildman–Crippen MR) is 71.5 cm³/mol. The lowest BCUT2D eigenvalue weighted by Crippen LogP contribution is -2.43. The number of benzene rings is 1. The van der Waals surface area contributed by atoms with Crippen molar-refractivity contribution in [2.75, 3.05) is 31.1 Å². The van der Waals surface area contributed by atoms with Crippen LogP contribution in [-0.2, 0) is 7.05 Å². The van der Waals surface area contributed by atoms with Crippen LogP contribution in [0.3, 0.4) is 0 Å². The summed E-state index contributed by atoms with van der Waals surface area (Å²) in [7, 11) is 1.88. The van der Waals surface area contributed by atoms with Crippen molar-refractivity contribution in [1.82, 2.24) is 20.1 Å². The van der Waals surface area contributed by atoms with Crippen molar-refractivity contribution in [3.05, 3.63) is 30.6 Å². The molecule has 0 saturated carbocycles. The first-order chi connectivity index (χ1) is 8.83. The summed E-state index contributed by atoms with van der Waals surface area (Å²) in [5.74, 6) is 0.782. The summed E-state index contributed by atoms with van der Waals surface area (Å²) >= 11 is 0. The number of aromatic nitrogens is 3. The highest BCUT2D eigenvalue weighted by molar-refractivity contribution is 5.60. The van der Waals surface area contributed by atoms with Crippen molar-refractivity contribution in [2.45, 2.75) is 0 Å². The summed E-state index contributed by atoms with van der Waals surface area (Å²) in [6, 6.07) is 8.48. The van der Waals surface area contributed by atoms with Gasteiger partial charge in [0.15, 0.2) is 5.82 Å². The summed E-state index contributed by atoms with van der Waals surface area (Å²) in [6.07, 6.45) is 1.72. The summed E-state index contributed by atoms with van der Waals surface area (Å²) in [5, 5.41) is 7.67. The minimum atomic E-state index is 0.782. The van der Waals surface area contributed by atoms with Gasteiger partial charge in [0.1, 0.15) is 6.33 Å². The maximum Gasteiger partial charge on any atom is 0.181 e. The fraction of sp³-hybridized carbons (Fsp3) is 0.385. The number of piperazine rings is 1. The Kier molecular flexibility index (Phi) is 2.98. The smallest absolute Gasteiger partial charge is 0.181 e. The molecule has 1 fully saturated rings. The summed E-state index contributed by atoms with van der Waals surface area (Å²) < 4.78 is 1.72. The number of anilines is 1. The molecule has 0 unspecified atom stereocenters. The fourth-order valence-corrected chi connectivity index (χ4v) is 2.22. The van der Waals surface area contributed by atoms with Gasteiger partial charge in [-0.1, -0.05) is 0 Å². The summed E-state index contributed by atoms with van der Waals surface area (Å²) in [5.41, 5.74) is 2.34. The Morgan fingerprint density at radius 1 is 1.11 bits per heavy atom. The molecule has 94 valence electrons. The zero-order chi connectivity index (χ0) is 12.4. The molecule has 3 rings (SSSR count). The third-order valence-corrected chi connectivity index (χ3v) is 3.21. The number of hydrogen-bond acceptors (Lipinski definition) is 4. The first kappa shape index (κ1) is 11.2. The maximum atomic E-state index is 4.31. The van der Waals surface area contributed by atoms with Gasteiger partial charge in [-0.15, -0.1) is 0 Å². The number of nitrogens with one attached hydrogen (secondary N) is 1. The molecule has 0 spiro atoms. The Morgan fingerprint density at radius 3 is 2.44 bits per heavy atom. The maximum absolute atomic E-state index is 4.31. The number of nitrogens with zero attached hydrogens (tertiary/aromatic N) is 4. The van der Waals surface area contributed by atoms with Gasteiger partial charge in [0.2, 0.25) is 0 Å². The van der Waals surface area contributed by atoms with E-state index >= 15 is 0 Å². The van der Waals surface area contributed by atoms with Gasteiger partial charge in [-0.05, 0) is 24.3 Å². The Balaban J connectivity index is 1.80. The first-order valence-corrected chi connectivity index (χ1v) is 6.25. The molecule has 1 aromatic heterocycles. The van der Waals surface area contributed by atoms with Crippen molar-refractivity contribution in [2.24, 2.45) is 7.05 Å². The van der Waals surface area contributed by atoms with Crippen LogP contribution >= 0.6 is 0 Å². The first-order valence-electron chi connectivity index (χ1n) is 6.25. The largest absolute Gasteiger partial charge is 0.369 e. The van der Waals surface area contributed by atoms with Crippen LogP contribution in [0.2, 0.25) is 0 Å². The lowest BCUT2D eigenvalue weighted by Gasteiger charge is -2.29. The van der Waals surface area contributed by atoms with Crippen molar-refractivity contribution in [3.8, 4) is 11.4 Å². The van der Waals surface area contributed by atoms with E-state index in [1.807, 2.05) is 7.05 Å². The lowest BCUT2D eigenvalue weighted by molar-refractivity contribution is 0.589. The van der Waals surface area contributed by atoms with Crippen molar-refractivity contribution in [3.63, 3.8) is 0 Å². The average molecular weight is 243 g/mol. The van der Waals surface area contributed by atoms with Crippen LogP contribution in [0.4, 0.5) is 5.69 Å². The third-order valence-electron chi connectivity index (χ3n) is 3.21. The second-order valence-corrected chi connectivity index (χ2v) is 4.53. The molecule has 18 heavy (non-hydrogen) atoms. The van der Waals surface area contributed by atoms with Gasteiger partial charge in [0.25, 0.3) is 0 Å². The highest BCUT2D eigenvalue weighted by Gasteiger charge is 2.10. The minimum Gasteiger partial charge on any atom is -0.369 e. The normalized spacial score (nSPS) is 15.9. The quantitative estimate of drug-likeness (QED) is 0.851.